The van der Waals surface area contributed by atoms with Crippen molar-refractivity contribution in [1.82, 2.24) is 0 Å². The summed E-state index contributed by atoms with van der Waals surface area (Å²) in [6.45, 7) is 8.80. The molecule has 0 saturated heterocycles. The van der Waals surface area contributed by atoms with Crippen LogP contribution in [0, 0.1) is 23.7 Å². The maximum atomic E-state index is 11.8. The van der Waals surface area contributed by atoms with Crippen molar-refractivity contribution in [3.63, 3.8) is 0 Å². The molecule has 1 fully saturated rings. The van der Waals surface area contributed by atoms with E-state index in [1.807, 2.05) is 0 Å². The van der Waals surface area contributed by atoms with Crippen LogP contribution in [0.1, 0.15) is 47.0 Å². The van der Waals surface area contributed by atoms with Gasteiger partial charge >= 0.3 is 0 Å². The zero-order valence-corrected chi connectivity index (χ0v) is 10.5. The van der Waals surface area contributed by atoms with Crippen LogP contribution < -0.4 is 0 Å². The lowest BCUT2D eigenvalue weighted by molar-refractivity contribution is -0.123. The Labute approximate surface area is 93.9 Å². The van der Waals surface area contributed by atoms with Crippen molar-refractivity contribution >= 4 is 5.78 Å². The van der Waals surface area contributed by atoms with E-state index in [0.29, 0.717) is 29.5 Å². The molecular weight excluding hydrogens is 184 g/mol. The molecule has 1 saturated carbocycles. The van der Waals surface area contributed by atoms with Gasteiger partial charge in [0.15, 0.2) is 0 Å². The lowest BCUT2D eigenvalue weighted by Gasteiger charge is -2.27. The molecule has 1 aliphatic carbocycles. The second-order valence-corrected chi connectivity index (χ2v) is 5.15. The first-order valence-corrected chi connectivity index (χ1v) is 6.21. The molecule has 0 aliphatic heterocycles. The standard InChI is InChI=1S/C14H24O/c1-5-6-7-10(2)12(4)14-11(3)8-9-13(14)15/h5-6,10-12,14H,7-9H2,1-4H3/b6-5+/t10-,11?,12?,14+/m1/s1. The molecule has 0 amide bonds. The van der Waals surface area contributed by atoms with Crippen molar-refractivity contribution in [3.05, 3.63) is 12.2 Å². The van der Waals surface area contributed by atoms with E-state index < -0.39 is 0 Å². The lowest BCUT2D eigenvalue weighted by Crippen LogP contribution is -2.26. The molecule has 0 N–H and O–H groups in total. The summed E-state index contributed by atoms with van der Waals surface area (Å²) in [7, 11) is 0. The molecule has 1 nitrogen and oxygen atoms in total. The van der Waals surface area contributed by atoms with E-state index in [0.717, 1.165) is 19.3 Å². The van der Waals surface area contributed by atoms with Gasteiger partial charge in [-0.25, -0.2) is 0 Å². The van der Waals surface area contributed by atoms with Crippen molar-refractivity contribution < 1.29 is 4.79 Å². The van der Waals surface area contributed by atoms with Gasteiger partial charge in [0, 0.05) is 12.3 Å². The average Bonchev–Trinajstić information content (AvgIpc) is 2.54. The van der Waals surface area contributed by atoms with Gasteiger partial charge in [-0.2, -0.15) is 0 Å². The molecule has 0 radical (unpaired) electrons. The molecule has 86 valence electrons. The number of carbonyl (C=O) groups is 1. The van der Waals surface area contributed by atoms with Gasteiger partial charge in [0.25, 0.3) is 0 Å². The highest BCUT2D eigenvalue weighted by atomic mass is 16.1. The highest BCUT2D eigenvalue weighted by molar-refractivity contribution is 5.83. The molecule has 0 bridgehead atoms. The molecule has 0 heterocycles. The van der Waals surface area contributed by atoms with Crippen LogP contribution in [0.4, 0.5) is 0 Å². The summed E-state index contributed by atoms with van der Waals surface area (Å²) < 4.78 is 0. The number of carbonyl (C=O) groups excluding carboxylic acids is 1. The van der Waals surface area contributed by atoms with Gasteiger partial charge in [-0.3, -0.25) is 4.79 Å². The monoisotopic (exact) mass is 208 g/mol. The number of hydrogen-bond donors (Lipinski definition) is 0. The fraction of sp³-hybridized carbons (Fsp3) is 0.786. The van der Waals surface area contributed by atoms with Gasteiger partial charge < -0.3 is 0 Å². The van der Waals surface area contributed by atoms with Crippen molar-refractivity contribution in [2.45, 2.75) is 47.0 Å². The van der Waals surface area contributed by atoms with E-state index in [9.17, 15) is 4.79 Å². The Hall–Kier alpha value is -0.590. The third-order valence-electron chi connectivity index (χ3n) is 4.04. The maximum Gasteiger partial charge on any atom is 0.136 e. The van der Waals surface area contributed by atoms with Gasteiger partial charge in [-0.15, -0.1) is 0 Å². The topological polar surface area (TPSA) is 17.1 Å². The number of ketones is 1. The predicted molar refractivity (Wildman–Crippen MR) is 64.7 cm³/mol. The van der Waals surface area contributed by atoms with E-state index in [2.05, 4.69) is 39.8 Å². The number of Topliss-reactive ketones (excluding diaryl/α,β-unsaturated/α-hetero) is 1. The summed E-state index contributed by atoms with van der Waals surface area (Å²) in [6.07, 6.45) is 7.33. The molecule has 0 aromatic heterocycles. The Kier molecular flexibility index (Phi) is 4.56. The van der Waals surface area contributed by atoms with E-state index in [1.165, 1.54) is 0 Å². The first-order chi connectivity index (χ1) is 7.07. The minimum Gasteiger partial charge on any atom is -0.299 e. The molecule has 2 unspecified atom stereocenters. The zero-order chi connectivity index (χ0) is 11.4. The third kappa shape index (κ3) is 2.93. The van der Waals surface area contributed by atoms with Crippen LogP contribution in [0.15, 0.2) is 12.2 Å². The first kappa shape index (κ1) is 12.5. The molecule has 0 aromatic rings. The van der Waals surface area contributed by atoms with E-state index >= 15 is 0 Å². The van der Waals surface area contributed by atoms with Gasteiger partial charge in [0.05, 0.1) is 0 Å². The molecule has 15 heavy (non-hydrogen) atoms. The number of allylic oxidation sites excluding steroid dienone is 2. The van der Waals surface area contributed by atoms with E-state index in [4.69, 9.17) is 0 Å². The fourth-order valence-electron chi connectivity index (χ4n) is 2.76. The summed E-state index contributed by atoms with van der Waals surface area (Å²) >= 11 is 0. The van der Waals surface area contributed by atoms with E-state index in [-0.39, 0.29) is 0 Å². The number of hydrogen-bond acceptors (Lipinski definition) is 1. The van der Waals surface area contributed by atoms with Crippen LogP contribution in [0.2, 0.25) is 0 Å². The first-order valence-electron chi connectivity index (χ1n) is 6.21. The normalized spacial score (nSPS) is 31.1. The SMILES string of the molecule is C/C=C/C[C@@H](C)C(C)[C@H]1C(=O)CCC1C. The van der Waals surface area contributed by atoms with Crippen LogP contribution in [0.5, 0.6) is 0 Å². The Morgan fingerprint density at radius 2 is 2.13 bits per heavy atom. The van der Waals surface area contributed by atoms with Gasteiger partial charge in [0.1, 0.15) is 5.78 Å². The summed E-state index contributed by atoms with van der Waals surface area (Å²) in [5.41, 5.74) is 0. The molecule has 1 aliphatic rings. The molecule has 1 rings (SSSR count). The zero-order valence-electron chi connectivity index (χ0n) is 10.5. The Balaban J connectivity index is 2.58. The highest BCUT2D eigenvalue weighted by Gasteiger charge is 2.37. The van der Waals surface area contributed by atoms with Crippen LogP contribution in [0.3, 0.4) is 0 Å². The molecule has 0 aromatic carbocycles. The summed E-state index contributed by atoms with van der Waals surface area (Å²) in [5, 5.41) is 0. The molecule has 0 spiro atoms. The fourth-order valence-corrected chi connectivity index (χ4v) is 2.76. The predicted octanol–water partition coefficient (Wildman–Crippen LogP) is 3.84. The minimum absolute atomic E-state index is 0.324. The highest BCUT2D eigenvalue weighted by Crippen LogP contribution is 2.37. The van der Waals surface area contributed by atoms with Crippen molar-refractivity contribution in [2.24, 2.45) is 23.7 Å². The van der Waals surface area contributed by atoms with Crippen molar-refractivity contribution in [3.8, 4) is 0 Å². The van der Waals surface area contributed by atoms with Crippen LogP contribution in [-0.4, -0.2) is 5.78 Å². The molecular formula is C14H24O. The second kappa shape index (κ2) is 5.48. The smallest absolute Gasteiger partial charge is 0.136 e. The molecule has 1 heteroatoms. The summed E-state index contributed by atoms with van der Waals surface area (Å²) in [4.78, 5) is 11.8. The Bertz CT molecular complexity index is 242. The van der Waals surface area contributed by atoms with Crippen LogP contribution in [-0.2, 0) is 4.79 Å². The van der Waals surface area contributed by atoms with Crippen LogP contribution in [0.25, 0.3) is 0 Å². The van der Waals surface area contributed by atoms with Crippen molar-refractivity contribution in [1.29, 1.82) is 0 Å². The minimum atomic E-state index is 0.324. The lowest BCUT2D eigenvalue weighted by atomic mass is 9.77. The summed E-state index contributed by atoms with van der Waals surface area (Å²) in [5.74, 6) is 2.58. The van der Waals surface area contributed by atoms with Gasteiger partial charge in [0.2, 0.25) is 0 Å². The maximum absolute atomic E-state index is 11.8. The quantitative estimate of drug-likeness (QED) is 0.641. The van der Waals surface area contributed by atoms with Crippen LogP contribution >= 0.6 is 0 Å². The van der Waals surface area contributed by atoms with Gasteiger partial charge in [-0.1, -0.05) is 32.9 Å². The molecule has 4 atom stereocenters. The average molecular weight is 208 g/mol. The largest absolute Gasteiger partial charge is 0.299 e. The van der Waals surface area contributed by atoms with Crippen molar-refractivity contribution in [2.75, 3.05) is 0 Å². The second-order valence-electron chi connectivity index (χ2n) is 5.15. The third-order valence-corrected chi connectivity index (χ3v) is 4.04. The Morgan fingerprint density at radius 3 is 2.60 bits per heavy atom. The van der Waals surface area contributed by atoms with E-state index in [1.54, 1.807) is 0 Å². The Morgan fingerprint density at radius 1 is 1.47 bits per heavy atom. The van der Waals surface area contributed by atoms with Gasteiger partial charge in [-0.05, 0) is 37.5 Å². The number of rotatable bonds is 4. The summed E-state index contributed by atoms with van der Waals surface area (Å²) in [6, 6.07) is 0.